The topological polar surface area (TPSA) is 116 Å². The van der Waals surface area contributed by atoms with E-state index in [0.29, 0.717) is 0 Å². The van der Waals surface area contributed by atoms with Crippen LogP contribution in [0, 0.1) is 0 Å². The summed E-state index contributed by atoms with van der Waals surface area (Å²) in [6, 6.07) is 2.91. The summed E-state index contributed by atoms with van der Waals surface area (Å²) in [5.41, 5.74) is 2.16. The van der Waals surface area contributed by atoms with E-state index in [9.17, 15) is 14.4 Å². The molecule has 1 aromatic rings. The molecule has 1 fully saturated rings. The number of hydrogen-bond acceptors (Lipinski definition) is 9. The Labute approximate surface area is 131 Å². The van der Waals surface area contributed by atoms with Crippen LogP contribution in [0.1, 0.15) is 31.1 Å². The quantitative estimate of drug-likeness (QED) is 0.641. The highest BCUT2D eigenvalue weighted by molar-refractivity contribution is 6.63. The van der Waals surface area contributed by atoms with Crippen LogP contribution in [0.25, 0.3) is 0 Å². The van der Waals surface area contributed by atoms with Crippen molar-refractivity contribution in [3.8, 4) is 0 Å². The Bertz CT molecular complexity index is 644. The lowest BCUT2D eigenvalue weighted by atomic mass is 10.3. The minimum Gasteiger partial charge on any atom is -0.462 e. The minimum absolute atomic E-state index is 0.219. The monoisotopic (exact) mass is 321 g/mol. The van der Waals surface area contributed by atoms with Crippen molar-refractivity contribution in [3.05, 3.63) is 23.9 Å². The Kier molecular flexibility index (Phi) is 4.58. The van der Waals surface area contributed by atoms with Gasteiger partial charge in [0.1, 0.15) is 5.82 Å². The molecule has 1 N–H and O–H groups in total. The van der Waals surface area contributed by atoms with E-state index < -0.39 is 29.4 Å². The molecule has 2 rings (SSSR count). The highest BCUT2D eigenvalue weighted by Gasteiger charge is 2.40. The number of cyclic esters (lactones) is 2. The van der Waals surface area contributed by atoms with Crippen molar-refractivity contribution in [2.24, 2.45) is 5.10 Å². The summed E-state index contributed by atoms with van der Waals surface area (Å²) in [4.78, 5) is 38.8. The van der Waals surface area contributed by atoms with Crippen molar-refractivity contribution in [2.45, 2.75) is 26.6 Å². The molecule has 23 heavy (non-hydrogen) atoms. The molecular weight excluding hydrogens is 306 g/mol. The highest BCUT2D eigenvalue weighted by atomic mass is 16.7. The number of anilines is 1. The molecule has 122 valence electrons. The van der Waals surface area contributed by atoms with Crippen molar-refractivity contribution in [1.82, 2.24) is 4.98 Å². The van der Waals surface area contributed by atoms with Gasteiger partial charge in [-0.3, -0.25) is 5.43 Å². The van der Waals surface area contributed by atoms with Gasteiger partial charge in [-0.15, -0.1) is 0 Å². The Morgan fingerprint density at radius 2 is 1.96 bits per heavy atom. The number of nitrogens with one attached hydrogen (secondary N) is 1. The van der Waals surface area contributed by atoms with Gasteiger partial charge in [0.25, 0.3) is 11.5 Å². The minimum atomic E-state index is -1.33. The van der Waals surface area contributed by atoms with Gasteiger partial charge in [0.05, 0.1) is 12.2 Å². The highest BCUT2D eigenvalue weighted by Crippen LogP contribution is 2.18. The molecule has 0 aromatic carbocycles. The van der Waals surface area contributed by atoms with Gasteiger partial charge in [0.15, 0.2) is 0 Å². The van der Waals surface area contributed by atoms with Crippen molar-refractivity contribution in [2.75, 3.05) is 12.0 Å². The Balaban J connectivity index is 2.07. The predicted octanol–water partition coefficient (Wildman–Crippen LogP) is 0.862. The smallest absolute Gasteiger partial charge is 0.369 e. The second kappa shape index (κ2) is 6.42. The first-order valence-corrected chi connectivity index (χ1v) is 6.76. The molecule has 2 heterocycles. The molecule has 1 aliphatic rings. The van der Waals surface area contributed by atoms with Crippen LogP contribution in [0.2, 0.25) is 0 Å². The molecule has 9 nitrogen and oxygen atoms in total. The second-order valence-electron chi connectivity index (χ2n) is 4.90. The van der Waals surface area contributed by atoms with Gasteiger partial charge in [-0.25, -0.2) is 19.4 Å². The van der Waals surface area contributed by atoms with Crippen LogP contribution >= 0.6 is 0 Å². The summed E-state index contributed by atoms with van der Waals surface area (Å²) in [5, 5.41) is 3.63. The lowest BCUT2D eigenvalue weighted by Crippen LogP contribution is -2.47. The standard InChI is InChI=1S/C14H15N3O6/c1-4-21-11(18)8-5-6-9(15-7-8)16-17-10-12(19)22-14(2,3)23-13(10)20/h5-7H,4H2,1-3H3,(H,15,16). The van der Waals surface area contributed by atoms with Gasteiger partial charge in [0, 0.05) is 20.0 Å². The zero-order valence-electron chi connectivity index (χ0n) is 12.8. The maximum Gasteiger partial charge on any atom is 0.369 e. The summed E-state index contributed by atoms with van der Waals surface area (Å²) in [6.45, 7) is 4.82. The summed E-state index contributed by atoms with van der Waals surface area (Å²) >= 11 is 0. The number of rotatable bonds is 4. The molecule has 0 radical (unpaired) electrons. The second-order valence-corrected chi connectivity index (χ2v) is 4.90. The van der Waals surface area contributed by atoms with Crippen LogP contribution in [0.5, 0.6) is 0 Å². The maximum atomic E-state index is 11.7. The molecule has 0 aliphatic carbocycles. The van der Waals surface area contributed by atoms with Crippen LogP contribution in [-0.2, 0) is 23.8 Å². The van der Waals surface area contributed by atoms with Crippen LogP contribution in [0.3, 0.4) is 0 Å². The van der Waals surface area contributed by atoms with Crippen LogP contribution in [0.4, 0.5) is 5.82 Å². The maximum absolute atomic E-state index is 11.7. The Morgan fingerprint density at radius 3 is 2.48 bits per heavy atom. The fourth-order valence-electron chi connectivity index (χ4n) is 1.65. The third-order valence-corrected chi connectivity index (χ3v) is 2.62. The van der Waals surface area contributed by atoms with E-state index in [1.165, 1.54) is 32.2 Å². The van der Waals surface area contributed by atoms with Crippen LogP contribution in [0.15, 0.2) is 23.4 Å². The van der Waals surface area contributed by atoms with Gasteiger partial charge in [-0.05, 0) is 19.1 Å². The molecule has 0 atom stereocenters. The molecule has 0 spiro atoms. The fourth-order valence-corrected chi connectivity index (χ4v) is 1.65. The molecule has 0 saturated carbocycles. The molecule has 9 heteroatoms. The summed E-state index contributed by atoms with van der Waals surface area (Å²) < 4.78 is 14.6. The average Bonchev–Trinajstić information content (AvgIpc) is 2.46. The number of nitrogens with zero attached hydrogens (tertiary/aromatic N) is 2. The summed E-state index contributed by atoms with van der Waals surface area (Å²) in [7, 11) is 0. The number of hydrazone groups is 1. The summed E-state index contributed by atoms with van der Waals surface area (Å²) in [5.74, 6) is -3.41. The van der Waals surface area contributed by atoms with Crippen LogP contribution < -0.4 is 5.43 Å². The van der Waals surface area contributed by atoms with E-state index in [1.54, 1.807) is 6.92 Å². The number of pyridine rings is 1. The number of aromatic nitrogens is 1. The van der Waals surface area contributed by atoms with Crippen LogP contribution in [-0.4, -0.2) is 41.0 Å². The van der Waals surface area contributed by atoms with Gasteiger partial charge in [-0.1, -0.05) is 0 Å². The lowest BCUT2D eigenvalue weighted by Gasteiger charge is -2.28. The number of carbonyl (C=O) groups excluding carboxylic acids is 3. The number of carbonyl (C=O) groups is 3. The SMILES string of the molecule is CCOC(=O)c1ccc(NN=C2C(=O)OC(C)(C)OC2=O)nc1. The van der Waals surface area contributed by atoms with Crippen molar-refractivity contribution >= 4 is 29.4 Å². The zero-order chi connectivity index (χ0) is 17.0. The molecule has 1 saturated heterocycles. The number of ether oxygens (including phenoxy) is 3. The van der Waals surface area contributed by atoms with E-state index in [4.69, 9.17) is 14.2 Å². The van der Waals surface area contributed by atoms with E-state index in [2.05, 4.69) is 15.5 Å². The third-order valence-electron chi connectivity index (χ3n) is 2.62. The lowest BCUT2D eigenvalue weighted by molar-refractivity contribution is -0.214. The largest absolute Gasteiger partial charge is 0.462 e. The molecule has 1 aromatic heterocycles. The normalized spacial score (nSPS) is 16.2. The first-order chi connectivity index (χ1) is 10.8. The third kappa shape index (κ3) is 4.02. The van der Waals surface area contributed by atoms with Crippen molar-refractivity contribution < 1.29 is 28.6 Å². The first-order valence-electron chi connectivity index (χ1n) is 6.76. The van der Waals surface area contributed by atoms with Crippen molar-refractivity contribution in [1.29, 1.82) is 0 Å². The van der Waals surface area contributed by atoms with E-state index in [1.807, 2.05) is 0 Å². The average molecular weight is 321 g/mol. The number of hydrogen-bond donors (Lipinski definition) is 1. The Morgan fingerprint density at radius 1 is 1.30 bits per heavy atom. The van der Waals surface area contributed by atoms with Gasteiger partial charge < -0.3 is 14.2 Å². The molecule has 1 aliphatic heterocycles. The molecule has 0 amide bonds. The van der Waals surface area contributed by atoms with Gasteiger partial charge >= 0.3 is 17.9 Å². The Hall–Kier alpha value is -2.97. The van der Waals surface area contributed by atoms with E-state index in [-0.39, 0.29) is 18.0 Å². The predicted molar refractivity (Wildman–Crippen MR) is 77.5 cm³/mol. The number of esters is 3. The fraction of sp³-hybridized carbons (Fsp3) is 0.357. The zero-order valence-corrected chi connectivity index (χ0v) is 12.8. The summed E-state index contributed by atoms with van der Waals surface area (Å²) in [6.07, 6.45) is 1.28. The van der Waals surface area contributed by atoms with Gasteiger partial charge in [0.2, 0.25) is 0 Å². The van der Waals surface area contributed by atoms with Gasteiger partial charge in [-0.2, -0.15) is 5.10 Å². The van der Waals surface area contributed by atoms with E-state index >= 15 is 0 Å². The molecule has 0 unspecified atom stereocenters. The first kappa shape index (κ1) is 16.4. The molecular formula is C14H15N3O6. The van der Waals surface area contributed by atoms with Crippen molar-refractivity contribution in [3.63, 3.8) is 0 Å². The van der Waals surface area contributed by atoms with E-state index in [0.717, 1.165) is 0 Å². The molecule has 0 bridgehead atoms.